The van der Waals surface area contributed by atoms with Crippen LogP contribution in [0.3, 0.4) is 0 Å². The zero-order chi connectivity index (χ0) is 11.5. The lowest BCUT2D eigenvalue weighted by molar-refractivity contribution is 0.0880. The van der Waals surface area contributed by atoms with Crippen molar-refractivity contribution in [1.29, 1.82) is 0 Å². The van der Waals surface area contributed by atoms with Gasteiger partial charge in [-0.25, -0.2) is 0 Å². The monoisotopic (exact) mass is 212 g/mol. The van der Waals surface area contributed by atoms with Gasteiger partial charge < -0.3 is 5.73 Å². The molecule has 1 fully saturated rings. The highest BCUT2D eigenvalue weighted by molar-refractivity contribution is 4.87. The van der Waals surface area contributed by atoms with E-state index in [1.165, 1.54) is 25.8 Å². The molecular formula is C13H28N2. The van der Waals surface area contributed by atoms with Gasteiger partial charge >= 0.3 is 0 Å². The van der Waals surface area contributed by atoms with E-state index in [1.807, 2.05) is 0 Å². The molecule has 0 spiro atoms. The Kier molecular flexibility index (Phi) is 4.60. The van der Waals surface area contributed by atoms with Crippen LogP contribution >= 0.6 is 0 Å². The first-order chi connectivity index (χ1) is 6.96. The lowest BCUT2D eigenvalue weighted by atomic mass is 9.89. The van der Waals surface area contributed by atoms with Crippen molar-refractivity contribution in [3.05, 3.63) is 0 Å². The molecule has 0 saturated carbocycles. The Morgan fingerprint density at radius 1 is 1.40 bits per heavy atom. The van der Waals surface area contributed by atoms with Crippen molar-refractivity contribution < 1.29 is 0 Å². The molecule has 3 unspecified atom stereocenters. The van der Waals surface area contributed by atoms with Crippen LogP contribution in [0.5, 0.6) is 0 Å². The summed E-state index contributed by atoms with van der Waals surface area (Å²) in [6.07, 6.45) is 5.04. The van der Waals surface area contributed by atoms with Gasteiger partial charge in [-0.3, -0.25) is 4.90 Å². The smallest absolute Gasteiger partial charge is 0.0254 e. The van der Waals surface area contributed by atoms with Crippen molar-refractivity contribution in [3.63, 3.8) is 0 Å². The van der Waals surface area contributed by atoms with E-state index in [-0.39, 0.29) is 5.54 Å². The zero-order valence-corrected chi connectivity index (χ0v) is 10.9. The lowest BCUT2D eigenvalue weighted by Gasteiger charge is -2.42. The fourth-order valence-electron chi connectivity index (χ4n) is 2.76. The van der Waals surface area contributed by atoms with Crippen LogP contribution in [0, 0.1) is 5.92 Å². The fraction of sp³-hybridized carbons (Fsp3) is 1.00. The average Bonchev–Trinajstić information content (AvgIpc) is 2.12. The number of hydrogen-bond acceptors (Lipinski definition) is 2. The molecule has 1 aliphatic heterocycles. The van der Waals surface area contributed by atoms with E-state index in [1.54, 1.807) is 0 Å². The predicted molar refractivity (Wildman–Crippen MR) is 66.9 cm³/mol. The molecule has 0 aromatic carbocycles. The van der Waals surface area contributed by atoms with E-state index in [9.17, 15) is 0 Å². The van der Waals surface area contributed by atoms with Gasteiger partial charge in [0.2, 0.25) is 0 Å². The third-order valence-electron chi connectivity index (χ3n) is 3.89. The summed E-state index contributed by atoms with van der Waals surface area (Å²) in [7, 11) is 0. The summed E-state index contributed by atoms with van der Waals surface area (Å²) in [4.78, 5) is 2.59. The normalized spacial score (nSPS) is 32.6. The molecule has 90 valence electrons. The van der Waals surface area contributed by atoms with Gasteiger partial charge in [-0.15, -0.1) is 0 Å². The molecule has 1 heterocycles. The second kappa shape index (κ2) is 5.31. The summed E-state index contributed by atoms with van der Waals surface area (Å²) < 4.78 is 0. The van der Waals surface area contributed by atoms with Crippen LogP contribution in [0.25, 0.3) is 0 Å². The van der Waals surface area contributed by atoms with E-state index in [0.29, 0.717) is 6.04 Å². The summed E-state index contributed by atoms with van der Waals surface area (Å²) in [5.74, 6) is 0.830. The SMILES string of the molecule is CCCC(C)(N)CN1CCCC(C)C1C. The number of piperidine rings is 1. The molecule has 0 aromatic rings. The summed E-state index contributed by atoms with van der Waals surface area (Å²) in [5, 5.41) is 0. The third kappa shape index (κ3) is 3.76. The summed E-state index contributed by atoms with van der Waals surface area (Å²) in [5.41, 5.74) is 6.32. The Labute approximate surface area is 95.2 Å². The van der Waals surface area contributed by atoms with Gasteiger partial charge in [0.25, 0.3) is 0 Å². The van der Waals surface area contributed by atoms with E-state index < -0.39 is 0 Å². The van der Waals surface area contributed by atoms with Crippen molar-refractivity contribution in [2.75, 3.05) is 13.1 Å². The summed E-state index contributed by atoms with van der Waals surface area (Å²) >= 11 is 0. The van der Waals surface area contributed by atoms with Crippen molar-refractivity contribution in [3.8, 4) is 0 Å². The molecule has 1 rings (SSSR count). The highest BCUT2D eigenvalue weighted by atomic mass is 15.2. The van der Waals surface area contributed by atoms with Crippen LogP contribution < -0.4 is 5.73 Å². The molecule has 0 bridgehead atoms. The van der Waals surface area contributed by atoms with Crippen molar-refractivity contribution in [1.82, 2.24) is 4.90 Å². The fourth-order valence-corrected chi connectivity index (χ4v) is 2.76. The molecule has 2 nitrogen and oxygen atoms in total. The van der Waals surface area contributed by atoms with Crippen molar-refractivity contribution in [2.24, 2.45) is 11.7 Å². The lowest BCUT2D eigenvalue weighted by Crippen LogP contribution is -2.53. The van der Waals surface area contributed by atoms with Crippen molar-refractivity contribution in [2.45, 2.75) is 65.0 Å². The minimum atomic E-state index is 0.0000694. The average molecular weight is 212 g/mol. The summed E-state index contributed by atoms with van der Waals surface area (Å²) in [6.45, 7) is 11.4. The third-order valence-corrected chi connectivity index (χ3v) is 3.89. The molecule has 1 aliphatic rings. The van der Waals surface area contributed by atoms with Crippen LogP contribution in [0.15, 0.2) is 0 Å². The minimum absolute atomic E-state index is 0.0000694. The molecule has 3 atom stereocenters. The number of hydrogen-bond donors (Lipinski definition) is 1. The Balaban J connectivity index is 2.49. The molecular weight excluding hydrogens is 184 g/mol. The quantitative estimate of drug-likeness (QED) is 0.776. The van der Waals surface area contributed by atoms with E-state index in [4.69, 9.17) is 5.73 Å². The molecule has 0 amide bonds. The van der Waals surface area contributed by atoms with Gasteiger partial charge in [0.1, 0.15) is 0 Å². The van der Waals surface area contributed by atoms with Crippen LogP contribution in [-0.4, -0.2) is 29.6 Å². The Morgan fingerprint density at radius 2 is 2.07 bits per heavy atom. The molecule has 15 heavy (non-hydrogen) atoms. The van der Waals surface area contributed by atoms with Gasteiger partial charge in [-0.2, -0.15) is 0 Å². The molecule has 0 radical (unpaired) electrons. The molecule has 1 saturated heterocycles. The Morgan fingerprint density at radius 3 is 2.67 bits per heavy atom. The maximum absolute atomic E-state index is 6.32. The Hall–Kier alpha value is -0.0800. The molecule has 0 aromatic heterocycles. The number of likely N-dealkylation sites (tertiary alicyclic amines) is 1. The van der Waals surface area contributed by atoms with Gasteiger partial charge in [0.15, 0.2) is 0 Å². The van der Waals surface area contributed by atoms with Gasteiger partial charge in [-0.05, 0) is 45.6 Å². The molecule has 0 aliphatic carbocycles. The van der Waals surface area contributed by atoms with Crippen LogP contribution in [-0.2, 0) is 0 Å². The first-order valence-electron chi connectivity index (χ1n) is 6.49. The first-order valence-corrected chi connectivity index (χ1v) is 6.49. The maximum Gasteiger partial charge on any atom is 0.0254 e. The highest BCUT2D eigenvalue weighted by Gasteiger charge is 2.29. The van der Waals surface area contributed by atoms with Gasteiger partial charge in [0, 0.05) is 18.1 Å². The standard InChI is InChI=1S/C13H28N2/c1-5-8-13(4,14)10-15-9-6-7-11(2)12(15)3/h11-12H,5-10,14H2,1-4H3. The molecule has 2 heteroatoms. The van der Waals surface area contributed by atoms with Crippen LogP contribution in [0.2, 0.25) is 0 Å². The highest BCUT2D eigenvalue weighted by Crippen LogP contribution is 2.24. The minimum Gasteiger partial charge on any atom is -0.324 e. The Bertz CT molecular complexity index is 189. The largest absolute Gasteiger partial charge is 0.324 e. The number of nitrogens with zero attached hydrogens (tertiary/aromatic N) is 1. The summed E-state index contributed by atoms with van der Waals surface area (Å²) in [6, 6.07) is 0.707. The van der Waals surface area contributed by atoms with Crippen molar-refractivity contribution >= 4 is 0 Å². The number of nitrogens with two attached hydrogens (primary N) is 1. The second-order valence-corrected chi connectivity index (χ2v) is 5.73. The van der Waals surface area contributed by atoms with Gasteiger partial charge in [-0.1, -0.05) is 20.3 Å². The van der Waals surface area contributed by atoms with E-state index in [2.05, 4.69) is 32.6 Å². The first kappa shape index (κ1) is 13.0. The number of rotatable bonds is 4. The zero-order valence-electron chi connectivity index (χ0n) is 10.9. The predicted octanol–water partition coefficient (Wildman–Crippen LogP) is 2.62. The second-order valence-electron chi connectivity index (χ2n) is 5.73. The van der Waals surface area contributed by atoms with Crippen LogP contribution in [0.4, 0.5) is 0 Å². The maximum atomic E-state index is 6.32. The van der Waals surface area contributed by atoms with Gasteiger partial charge in [0.05, 0.1) is 0 Å². The topological polar surface area (TPSA) is 29.3 Å². The van der Waals surface area contributed by atoms with E-state index >= 15 is 0 Å². The van der Waals surface area contributed by atoms with E-state index in [0.717, 1.165) is 18.9 Å². The van der Waals surface area contributed by atoms with Crippen LogP contribution in [0.1, 0.15) is 53.4 Å². The molecule has 2 N–H and O–H groups in total.